The number of carbonyl (C=O) groups excluding carboxylic acids is 1. The molecule has 0 aliphatic rings. The maximum absolute atomic E-state index is 10.6. The third kappa shape index (κ3) is 2.95. The van der Waals surface area contributed by atoms with Crippen molar-refractivity contribution < 1.29 is 9.90 Å². The average Bonchev–Trinajstić information content (AvgIpc) is 2.55. The summed E-state index contributed by atoms with van der Waals surface area (Å²) >= 11 is 0. The Balaban J connectivity index is 2.16. The standard InChI is InChI=1S/C16H15N5O2/c17-16-13-8-19-15(20-9-23)6-11(13)5-14(21-16)12-7-18-3-1-10(12)2-4-22/h1,3,5-9,22H,2,4H2,(H2,17,21)(H,19,20,23). The summed E-state index contributed by atoms with van der Waals surface area (Å²) in [7, 11) is 0. The fourth-order valence-corrected chi connectivity index (χ4v) is 2.44. The van der Waals surface area contributed by atoms with Crippen LogP contribution in [0, 0.1) is 0 Å². The average molecular weight is 309 g/mol. The van der Waals surface area contributed by atoms with Gasteiger partial charge in [0.25, 0.3) is 0 Å². The topological polar surface area (TPSA) is 114 Å². The van der Waals surface area contributed by atoms with Crippen LogP contribution in [-0.2, 0) is 11.2 Å². The molecule has 0 aliphatic heterocycles. The summed E-state index contributed by atoms with van der Waals surface area (Å²) in [5.41, 5.74) is 8.45. The molecule has 0 saturated heterocycles. The van der Waals surface area contributed by atoms with E-state index in [2.05, 4.69) is 20.3 Å². The summed E-state index contributed by atoms with van der Waals surface area (Å²) in [6.45, 7) is 0.0391. The van der Waals surface area contributed by atoms with Gasteiger partial charge in [-0.25, -0.2) is 9.97 Å². The molecule has 4 N–H and O–H groups in total. The SMILES string of the molecule is Nc1nc(-c2cnccc2CCO)cc2cc(NC=O)ncc12. The zero-order chi connectivity index (χ0) is 16.2. The summed E-state index contributed by atoms with van der Waals surface area (Å²) in [5.74, 6) is 0.785. The summed E-state index contributed by atoms with van der Waals surface area (Å²) in [6, 6.07) is 5.44. The van der Waals surface area contributed by atoms with Crippen LogP contribution in [0.25, 0.3) is 22.0 Å². The third-order valence-corrected chi connectivity index (χ3v) is 3.52. The first kappa shape index (κ1) is 14.9. The Morgan fingerprint density at radius 1 is 1.30 bits per heavy atom. The molecule has 7 nitrogen and oxygen atoms in total. The number of carbonyl (C=O) groups is 1. The van der Waals surface area contributed by atoms with Crippen molar-refractivity contribution in [2.24, 2.45) is 0 Å². The van der Waals surface area contributed by atoms with Crippen molar-refractivity contribution >= 4 is 28.8 Å². The van der Waals surface area contributed by atoms with E-state index in [1.54, 1.807) is 24.7 Å². The number of amides is 1. The number of rotatable bonds is 5. The zero-order valence-corrected chi connectivity index (χ0v) is 12.2. The van der Waals surface area contributed by atoms with Gasteiger partial charge in [0.2, 0.25) is 6.41 Å². The molecule has 0 unspecified atom stereocenters. The molecule has 3 rings (SSSR count). The number of anilines is 2. The van der Waals surface area contributed by atoms with Crippen LogP contribution in [0.1, 0.15) is 5.56 Å². The smallest absolute Gasteiger partial charge is 0.212 e. The van der Waals surface area contributed by atoms with Gasteiger partial charge in [-0.15, -0.1) is 0 Å². The minimum atomic E-state index is 0.0391. The predicted molar refractivity (Wildman–Crippen MR) is 87.7 cm³/mol. The van der Waals surface area contributed by atoms with E-state index in [1.807, 2.05) is 12.1 Å². The second kappa shape index (κ2) is 6.37. The van der Waals surface area contributed by atoms with Gasteiger partial charge in [-0.1, -0.05) is 0 Å². The minimum Gasteiger partial charge on any atom is -0.396 e. The Morgan fingerprint density at radius 3 is 2.96 bits per heavy atom. The van der Waals surface area contributed by atoms with Crippen molar-refractivity contribution in [3.63, 3.8) is 0 Å². The molecule has 23 heavy (non-hydrogen) atoms. The van der Waals surface area contributed by atoms with Gasteiger partial charge in [0.05, 0.1) is 5.69 Å². The summed E-state index contributed by atoms with van der Waals surface area (Å²) in [5, 5.41) is 13.2. The van der Waals surface area contributed by atoms with Gasteiger partial charge in [-0.05, 0) is 35.6 Å². The molecule has 0 spiro atoms. The Hall–Kier alpha value is -3.06. The molecule has 7 heteroatoms. The highest BCUT2D eigenvalue weighted by atomic mass is 16.3. The van der Waals surface area contributed by atoms with E-state index in [0.29, 0.717) is 35.5 Å². The molecule has 3 heterocycles. The highest BCUT2D eigenvalue weighted by Crippen LogP contribution is 2.28. The van der Waals surface area contributed by atoms with Crippen molar-refractivity contribution in [2.45, 2.75) is 6.42 Å². The lowest BCUT2D eigenvalue weighted by Gasteiger charge is -2.10. The van der Waals surface area contributed by atoms with E-state index < -0.39 is 0 Å². The van der Waals surface area contributed by atoms with Gasteiger partial charge in [-0.3, -0.25) is 9.78 Å². The largest absolute Gasteiger partial charge is 0.396 e. The third-order valence-electron chi connectivity index (χ3n) is 3.52. The van der Waals surface area contributed by atoms with E-state index in [9.17, 15) is 9.90 Å². The molecule has 0 atom stereocenters. The van der Waals surface area contributed by atoms with Crippen molar-refractivity contribution in [1.82, 2.24) is 15.0 Å². The molecule has 116 valence electrons. The van der Waals surface area contributed by atoms with Gasteiger partial charge in [0, 0.05) is 36.1 Å². The molecular weight excluding hydrogens is 294 g/mol. The summed E-state index contributed by atoms with van der Waals surface area (Å²) in [4.78, 5) is 23.2. The van der Waals surface area contributed by atoms with E-state index in [4.69, 9.17) is 5.73 Å². The first-order valence-corrected chi connectivity index (χ1v) is 7.03. The molecule has 0 fully saturated rings. The van der Waals surface area contributed by atoms with Crippen molar-refractivity contribution in [3.8, 4) is 11.3 Å². The van der Waals surface area contributed by atoms with E-state index in [0.717, 1.165) is 16.5 Å². The number of aliphatic hydroxyl groups is 1. The quantitative estimate of drug-likeness (QED) is 0.613. The highest BCUT2D eigenvalue weighted by molar-refractivity contribution is 5.95. The summed E-state index contributed by atoms with van der Waals surface area (Å²) in [6.07, 6.45) is 6.02. The molecular formula is C16H15N5O2. The van der Waals surface area contributed by atoms with Crippen molar-refractivity contribution in [1.29, 1.82) is 0 Å². The number of fused-ring (bicyclic) bond motifs is 1. The number of nitrogens with one attached hydrogen (secondary N) is 1. The number of aromatic nitrogens is 3. The van der Waals surface area contributed by atoms with Crippen LogP contribution in [-0.4, -0.2) is 33.1 Å². The molecule has 0 bridgehead atoms. The number of hydrogen-bond donors (Lipinski definition) is 3. The van der Waals surface area contributed by atoms with Crippen LogP contribution in [0.4, 0.5) is 11.6 Å². The van der Waals surface area contributed by atoms with E-state index >= 15 is 0 Å². The van der Waals surface area contributed by atoms with Crippen LogP contribution < -0.4 is 11.1 Å². The Labute approximate surface area is 132 Å². The zero-order valence-electron chi connectivity index (χ0n) is 12.2. The molecule has 1 amide bonds. The van der Waals surface area contributed by atoms with Gasteiger partial charge in [0.15, 0.2) is 0 Å². The number of aliphatic hydroxyl groups excluding tert-OH is 1. The predicted octanol–water partition coefficient (Wildman–Crippen LogP) is 1.38. The van der Waals surface area contributed by atoms with Gasteiger partial charge < -0.3 is 16.2 Å². The lowest BCUT2D eigenvalue weighted by molar-refractivity contribution is -0.105. The maximum atomic E-state index is 10.6. The van der Waals surface area contributed by atoms with Crippen LogP contribution in [0.3, 0.4) is 0 Å². The molecule has 0 radical (unpaired) electrons. The van der Waals surface area contributed by atoms with Gasteiger partial charge in [-0.2, -0.15) is 0 Å². The second-order valence-corrected chi connectivity index (χ2v) is 4.95. The number of nitrogens with zero attached hydrogens (tertiary/aromatic N) is 3. The Bertz CT molecular complexity index is 866. The maximum Gasteiger partial charge on any atom is 0.212 e. The lowest BCUT2D eigenvalue weighted by atomic mass is 10.0. The Kier molecular flexibility index (Phi) is 4.11. The van der Waals surface area contributed by atoms with E-state index in [1.165, 1.54) is 0 Å². The molecule has 0 aliphatic carbocycles. The molecule has 0 aromatic carbocycles. The minimum absolute atomic E-state index is 0.0391. The monoisotopic (exact) mass is 309 g/mol. The van der Waals surface area contributed by atoms with E-state index in [-0.39, 0.29) is 6.61 Å². The number of pyridine rings is 3. The first-order chi connectivity index (χ1) is 11.2. The van der Waals surface area contributed by atoms with Crippen molar-refractivity contribution in [2.75, 3.05) is 17.7 Å². The summed E-state index contributed by atoms with van der Waals surface area (Å²) < 4.78 is 0. The van der Waals surface area contributed by atoms with Crippen molar-refractivity contribution in [3.05, 3.63) is 42.4 Å². The molecule has 3 aromatic heterocycles. The molecule has 0 saturated carbocycles. The fraction of sp³-hybridized carbons (Fsp3) is 0.125. The van der Waals surface area contributed by atoms with Crippen LogP contribution in [0.15, 0.2) is 36.8 Å². The highest BCUT2D eigenvalue weighted by Gasteiger charge is 2.10. The second-order valence-electron chi connectivity index (χ2n) is 4.95. The van der Waals surface area contributed by atoms with Crippen LogP contribution in [0.2, 0.25) is 0 Å². The number of nitrogens with two attached hydrogens (primary N) is 1. The van der Waals surface area contributed by atoms with Gasteiger partial charge in [0.1, 0.15) is 11.6 Å². The Morgan fingerprint density at radius 2 is 2.17 bits per heavy atom. The lowest BCUT2D eigenvalue weighted by Crippen LogP contribution is -2.01. The first-order valence-electron chi connectivity index (χ1n) is 7.03. The fourth-order valence-electron chi connectivity index (χ4n) is 2.44. The van der Waals surface area contributed by atoms with Crippen LogP contribution >= 0.6 is 0 Å². The van der Waals surface area contributed by atoms with Gasteiger partial charge >= 0.3 is 0 Å². The molecule has 3 aromatic rings. The van der Waals surface area contributed by atoms with Crippen LogP contribution in [0.5, 0.6) is 0 Å². The normalized spacial score (nSPS) is 10.7. The number of hydrogen-bond acceptors (Lipinski definition) is 6. The number of nitrogen functional groups attached to an aromatic ring is 1.